The Labute approximate surface area is 158 Å². The maximum Gasteiger partial charge on any atom is 0.267 e. The quantitative estimate of drug-likeness (QED) is 0.597. The van der Waals surface area contributed by atoms with Gasteiger partial charge in [0.25, 0.3) is 5.91 Å². The highest BCUT2D eigenvalue weighted by Gasteiger charge is 2.32. The maximum atomic E-state index is 12.7. The standard InChI is InChI=1S/C20H20N2OS2/c1-2-17(16-11-7-4-8-12-16)21-14-22-19(23)18(25-20(22)24)13-15-9-5-3-6-10-15/h3-13,17,21H,2,14H2,1H3/b18-13-/t17-/m1/s1. The number of amides is 1. The Balaban J connectivity index is 1.68. The van der Waals surface area contributed by atoms with Gasteiger partial charge in [-0.15, -0.1) is 0 Å². The number of hydrogen-bond donors (Lipinski definition) is 1. The summed E-state index contributed by atoms with van der Waals surface area (Å²) in [6, 6.07) is 20.3. The highest BCUT2D eigenvalue weighted by atomic mass is 32.2. The summed E-state index contributed by atoms with van der Waals surface area (Å²) >= 11 is 6.76. The molecule has 3 rings (SSSR count). The van der Waals surface area contributed by atoms with Crippen LogP contribution in [0.25, 0.3) is 6.08 Å². The van der Waals surface area contributed by atoms with Gasteiger partial charge < -0.3 is 0 Å². The van der Waals surface area contributed by atoms with Gasteiger partial charge in [-0.3, -0.25) is 15.0 Å². The monoisotopic (exact) mass is 368 g/mol. The van der Waals surface area contributed by atoms with Gasteiger partial charge in [-0.1, -0.05) is 91.6 Å². The molecule has 0 bridgehead atoms. The Morgan fingerprint density at radius 2 is 1.76 bits per heavy atom. The molecule has 3 nitrogen and oxygen atoms in total. The van der Waals surface area contributed by atoms with Crippen molar-refractivity contribution in [3.05, 3.63) is 76.7 Å². The van der Waals surface area contributed by atoms with Crippen LogP contribution in [-0.4, -0.2) is 21.8 Å². The lowest BCUT2D eigenvalue weighted by Crippen LogP contribution is -2.38. The normalized spacial score (nSPS) is 17.3. The van der Waals surface area contributed by atoms with Crippen LogP contribution in [0, 0.1) is 0 Å². The molecule has 1 atom stereocenters. The highest BCUT2D eigenvalue weighted by Crippen LogP contribution is 2.32. The molecule has 25 heavy (non-hydrogen) atoms. The Hall–Kier alpha value is -1.95. The second-order valence-electron chi connectivity index (χ2n) is 5.75. The minimum Gasteiger partial charge on any atom is -0.293 e. The molecule has 128 valence electrons. The Morgan fingerprint density at radius 3 is 2.40 bits per heavy atom. The molecule has 0 saturated carbocycles. The molecule has 2 aromatic carbocycles. The molecule has 1 amide bonds. The molecule has 1 N–H and O–H groups in total. The maximum absolute atomic E-state index is 12.7. The van der Waals surface area contributed by atoms with Crippen LogP contribution >= 0.6 is 24.0 Å². The highest BCUT2D eigenvalue weighted by molar-refractivity contribution is 8.26. The lowest BCUT2D eigenvalue weighted by molar-refractivity contribution is -0.122. The number of hydrogen-bond acceptors (Lipinski definition) is 4. The molecule has 0 aliphatic carbocycles. The summed E-state index contributed by atoms with van der Waals surface area (Å²) in [4.78, 5) is 15.0. The molecule has 2 aromatic rings. The number of nitrogens with zero attached hydrogens (tertiary/aromatic N) is 1. The van der Waals surface area contributed by atoms with Crippen LogP contribution in [0.3, 0.4) is 0 Å². The molecule has 0 radical (unpaired) electrons. The fraction of sp³-hybridized carbons (Fsp3) is 0.200. The van der Waals surface area contributed by atoms with Crippen molar-refractivity contribution in [3.8, 4) is 0 Å². The van der Waals surface area contributed by atoms with Crippen molar-refractivity contribution < 1.29 is 4.79 Å². The Morgan fingerprint density at radius 1 is 1.12 bits per heavy atom. The van der Waals surface area contributed by atoms with Gasteiger partial charge in [0.2, 0.25) is 0 Å². The molecule has 1 aliphatic heterocycles. The van der Waals surface area contributed by atoms with Gasteiger partial charge >= 0.3 is 0 Å². The number of carbonyl (C=O) groups is 1. The first-order valence-electron chi connectivity index (χ1n) is 8.27. The van der Waals surface area contributed by atoms with E-state index < -0.39 is 0 Å². The number of thiocarbonyl (C=S) groups is 1. The van der Waals surface area contributed by atoms with Crippen LogP contribution in [0.5, 0.6) is 0 Å². The number of rotatable bonds is 6. The van der Waals surface area contributed by atoms with Crippen molar-refractivity contribution in [2.75, 3.05) is 6.67 Å². The second-order valence-corrected chi connectivity index (χ2v) is 7.43. The number of nitrogens with one attached hydrogen (secondary N) is 1. The van der Waals surface area contributed by atoms with E-state index in [1.165, 1.54) is 17.3 Å². The van der Waals surface area contributed by atoms with E-state index in [1.54, 1.807) is 4.90 Å². The third-order valence-corrected chi connectivity index (χ3v) is 5.45. The van der Waals surface area contributed by atoms with E-state index in [1.807, 2.05) is 54.6 Å². The Kier molecular flexibility index (Phi) is 6.02. The molecular weight excluding hydrogens is 348 g/mol. The average Bonchev–Trinajstić information content (AvgIpc) is 2.91. The first kappa shape index (κ1) is 17.9. The largest absolute Gasteiger partial charge is 0.293 e. The fourth-order valence-electron chi connectivity index (χ4n) is 2.72. The summed E-state index contributed by atoms with van der Waals surface area (Å²) in [5.74, 6) is -0.0331. The third-order valence-electron chi connectivity index (χ3n) is 4.08. The molecule has 5 heteroatoms. The first-order valence-corrected chi connectivity index (χ1v) is 9.50. The van der Waals surface area contributed by atoms with Crippen molar-refractivity contribution in [1.29, 1.82) is 0 Å². The van der Waals surface area contributed by atoms with E-state index in [2.05, 4.69) is 24.4 Å². The van der Waals surface area contributed by atoms with Crippen LogP contribution in [-0.2, 0) is 4.79 Å². The molecule has 0 spiro atoms. The van der Waals surface area contributed by atoms with E-state index in [0.29, 0.717) is 15.9 Å². The first-order chi connectivity index (χ1) is 12.2. The van der Waals surface area contributed by atoms with Crippen molar-refractivity contribution in [2.45, 2.75) is 19.4 Å². The summed E-state index contributed by atoms with van der Waals surface area (Å²) in [6.45, 7) is 2.55. The van der Waals surface area contributed by atoms with Gasteiger partial charge in [0.15, 0.2) is 0 Å². The van der Waals surface area contributed by atoms with E-state index in [-0.39, 0.29) is 11.9 Å². The summed E-state index contributed by atoms with van der Waals surface area (Å²) in [5.41, 5.74) is 2.22. The molecule has 1 heterocycles. The molecule has 0 unspecified atom stereocenters. The van der Waals surface area contributed by atoms with Gasteiger partial charge in [-0.2, -0.15) is 0 Å². The van der Waals surface area contributed by atoms with Crippen molar-refractivity contribution in [2.24, 2.45) is 0 Å². The second kappa shape index (κ2) is 8.43. The molecule has 1 fully saturated rings. The van der Waals surface area contributed by atoms with Gasteiger partial charge in [-0.25, -0.2) is 0 Å². The number of thioether (sulfide) groups is 1. The minimum absolute atomic E-state index is 0.0331. The molecule has 1 aliphatic rings. The van der Waals surface area contributed by atoms with Crippen LogP contribution < -0.4 is 5.32 Å². The van der Waals surface area contributed by atoms with Crippen LogP contribution in [0.15, 0.2) is 65.6 Å². The lowest BCUT2D eigenvalue weighted by atomic mass is 10.1. The predicted octanol–water partition coefficient (Wildman–Crippen LogP) is 4.59. The number of benzene rings is 2. The molecule has 1 saturated heterocycles. The van der Waals surface area contributed by atoms with E-state index in [0.717, 1.165) is 12.0 Å². The molecule has 0 aromatic heterocycles. The predicted molar refractivity (Wildman–Crippen MR) is 109 cm³/mol. The van der Waals surface area contributed by atoms with Crippen LogP contribution in [0.2, 0.25) is 0 Å². The van der Waals surface area contributed by atoms with Crippen LogP contribution in [0.4, 0.5) is 0 Å². The minimum atomic E-state index is -0.0331. The molecular formula is C20H20N2OS2. The summed E-state index contributed by atoms with van der Waals surface area (Å²) in [6.07, 6.45) is 2.84. The SMILES string of the molecule is CC[C@@H](NCN1C(=O)/C(=C/c2ccccc2)SC1=S)c1ccccc1. The topological polar surface area (TPSA) is 32.3 Å². The number of carbonyl (C=O) groups excluding carboxylic acids is 1. The van der Waals surface area contributed by atoms with Crippen LogP contribution in [0.1, 0.15) is 30.5 Å². The Bertz CT molecular complexity index is 775. The van der Waals surface area contributed by atoms with E-state index in [9.17, 15) is 4.79 Å². The van der Waals surface area contributed by atoms with Gasteiger partial charge in [-0.05, 0) is 23.6 Å². The zero-order chi connectivity index (χ0) is 17.6. The van der Waals surface area contributed by atoms with Gasteiger partial charge in [0.1, 0.15) is 4.32 Å². The van der Waals surface area contributed by atoms with Crippen molar-refractivity contribution in [3.63, 3.8) is 0 Å². The average molecular weight is 369 g/mol. The van der Waals surface area contributed by atoms with Crippen molar-refractivity contribution in [1.82, 2.24) is 10.2 Å². The van der Waals surface area contributed by atoms with Crippen molar-refractivity contribution >= 4 is 40.3 Å². The third kappa shape index (κ3) is 4.37. The zero-order valence-electron chi connectivity index (χ0n) is 14.0. The zero-order valence-corrected chi connectivity index (χ0v) is 15.6. The lowest BCUT2D eigenvalue weighted by Gasteiger charge is -2.22. The van der Waals surface area contributed by atoms with E-state index >= 15 is 0 Å². The fourth-order valence-corrected chi connectivity index (χ4v) is 3.98. The van der Waals surface area contributed by atoms with Gasteiger partial charge in [0.05, 0.1) is 11.6 Å². The summed E-state index contributed by atoms with van der Waals surface area (Å²) in [7, 11) is 0. The van der Waals surface area contributed by atoms with E-state index in [4.69, 9.17) is 12.2 Å². The summed E-state index contributed by atoms with van der Waals surface area (Å²) < 4.78 is 0.600. The smallest absolute Gasteiger partial charge is 0.267 e. The summed E-state index contributed by atoms with van der Waals surface area (Å²) in [5, 5.41) is 3.45. The van der Waals surface area contributed by atoms with Gasteiger partial charge in [0, 0.05) is 6.04 Å².